The minimum absolute atomic E-state index is 0.179. The quantitative estimate of drug-likeness (QED) is 0.604. The predicted molar refractivity (Wildman–Crippen MR) is 107 cm³/mol. The molecule has 7 heteroatoms. The van der Waals surface area contributed by atoms with Crippen molar-refractivity contribution < 1.29 is 19.0 Å². The van der Waals surface area contributed by atoms with Gasteiger partial charge in [-0.25, -0.2) is 5.43 Å². The van der Waals surface area contributed by atoms with Crippen molar-refractivity contribution in [2.45, 2.75) is 32.6 Å². The van der Waals surface area contributed by atoms with E-state index in [1.54, 1.807) is 44.8 Å². The second kappa shape index (κ2) is 8.43. The minimum Gasteiger partial charge on any atom is -0.493 e. The Kier molecular flexibility index (Phi) is 6.01. The van der Waals surface area contributed by atoms with Crippen molar-refractivity contribution in [3.8, 4) is 17.2 Å². The van der Waals surface area contributed by atoms with Crippen molar-refractivity contribution in [3.05, 3.63) is 39.1 Å². The molecule has 1 aliphatic rings. The largest absolute Gasteiger partial charge is 0.493 e. The first-order valence-corrected chi connectivity index (χ1v) is 9.65. The van der Waals surface area contributed by atoms with Crippen LogP contribution in [0.1, 0.15) is 45.4 Å². The summed E-state index contributed by atoms with van der Waals surface area (Å²) in [6.07, 6.45) is 4.53. The number of methoxy groups -OCH3 is 3. The number of rotatable bonds is 6. The van der Waals surface area contributed by atoms with E-state index in [0.29, 0.717) is 27.8 Å². The van der Waals surface area contributed by atoms with Crippen LogP contribution in [0.15, 0.2) is 23.3 Å². The van der Waals surface area contributed by atoms with Gasteiger partial charge in [0, 0.05) is 10.4 Å². The van der Waals surface area contributed by atoms with E-state index >= 15 is 0 Å². The molecule has 1 N–H and O–H groups in total. The van der Waals surface area contributed by atoms with Crippen LogP contribution in [0.25, 0.3) is 0 Å². The summed E-state index contributed by atoms with van der Waals surface area (Å²) in [5, 5.41) is 4.26. The Morgan fingerprint density at radius 2 is 1.70 bits per heavy atom. The standard InChI is InChI=1S/C20H24N2O4S/c1-12(14-9-15(24-2)19(26-4)16(10-14)25-3)21-22-20(23)18-11-13-7-5-6-8-17(13)27-18/h9-11H,5-8H2,1-4H3,(H,22,23). The number of fused-ring (bicyclic) bond motifs is 1. The molecule has 0 aliphatic heterocycles. The smallest absolute Gasteiger partial charge is 0.281 e. The van der Waals surface area contributed by atoms with Gasteiger partial charge in [0.15, 0.2) is 11.5 Å². The topological polar surface area (TPSA) is 69.2 Å². The van der Waals surface area contributed by atoms with Gasteiger partial charge in [-0.15, -0.1) is 11.3 Å². The highest BCUT2D eigenvalue weighted by Crippen LogP contribution is 2.38. The molecule has 1 aliphatic carbocycles. The summed E-state index contributed by atoms with van der Waals surface area (Å²) in [7, 11) is 4.68. The molecular weight excluding hydrogens is 364 g/mol. The minimum atomic E-state index is -0.179. The molecule has 1 aromatic heterocycles. The fourth-order valence-corrected chi connectivity index (χ4v) is 4.29. The van der Waals surface area contributed by atoms with Crippen molar-refractivity contribution in [1.29, 1.82) is 0 Å². The Balaban J connectivity index is 1.79. The molecule has 6 nitrogen and oxygen atoms in total. The molecule has 0 atom stereocenters. The second-order valence-electron chi connectivity index (χ2n) is 6.32. The van der Waals surface area contributed by atoms with E-state index in [9.17, 15) is 4.79 Å². The van der Waals surface area contributed by atoms with E-state index in [-0.39, 0.29) is 5.91 Å². The van der Waals surface area contributed by atoms with Crippen LogP contribution in [0.2, 0.25) is 0 Å². The Morgan fingerprint density at radius 1 is 1.04 bits per heavy atom. The molecule has 0 bridgehead atoms. The zero-order valence-corrected chi connectivity index (χ0v) is 16.9. The van der Waals surface area contributed by atoms with Gasteiger partial charge in [0.25, 0.3) is 5.91 Å². The number of nitrogens with one attached hydrogen (secondary N) is 1. The van der Waals surface area contributed by atoms with Crippen LogP contribution in [0, 0.1) is 0 Å². The first-order chi connectivity index (χ1) is 13.1. The number of amides is 1. The van der Waals surface area contributed by atoms with Crippen molar-refractivity contribution in [3.63, 3.8) is 0 Å². The van der Waals surface area contributed by atoms with Crippen LogP contribution in [0.3, 0.4) is 0 Å². The van der Waals surface area contributed by atoms with Gasteiger partial charge in [-0.05, 0) is 56.4 Å². The Hall–Kier alpha value is -2.54. The second-order valence-corrected chi connectivity index (χ2v) is 7.46. The highest BCUT2D eigenvalue weighted by Gasteiger charge is 2.18. The number of carbonyl (C=O) groups is 1. The molecule has 3 rings (SSSR count). The summed E-state index contributed by atoms with van der Waals surface area (Å²) in [5.41, 5.74) is 5.38. The number of thiophene rings is 1. The third-order valence-corrected chi connectivity index (χ3v) is 5.86. The van der Waals surface area contributed by atoms with Gasteiger partial charge in [0.1, 0.15) is 0 Å². The van der Waals surface area contributed by atoms with Crippen LogP contribution >= 0.6 is 11.3 Å². The van der Waals surface area contributed by atoms with Gasteiger partial charge in [0.2, 0.25) is 5.75 Å². The SMILES string of the molecule is COc1cc(C(C)=NNC(=O)c2cc3c(s2)CCCC3)cc(OC)c1OC. The van der Waals surface area contributed by atoms with E-state index in [0.717, 1.165) is 18.4 Å². The average molecular weight is 388 g/mol. The summed E-state index contributed by atoms with van der Waals surface area (Å²) in [5.74, 6) is 1.42. The Labute approximate surface area is 163 Å². The zero-order chi connectivity index (χ0) is 19.4. The van der Waals surface area contributed by atoms with Crippen LogP contribution in [0.4, 0.5) is 0 Å². The number of carbonyl (C=O) groups excluding carboxylic acids is 1. The first-order valence-electron chi connectivity index (χ1n) is 8.84. The number of hydrogen-bond acceptors (Lipinski definition) is 6. The maximum Gasteiger partial charge on any atom is 0.281 e. The monoisotopic (exact) mass is 388 g/mol. The lowest BCUT2D eigenvalue weighted by molar-refractivity contribution is 0.0959. The summed E-state index contributed by atoms with van der Waals surface area (Å²) in [6, 6.07) is 5.60. The average Bonchev–Trinajstić information content (AvgIpc) is 3.14. The zero-order valence-electron chi connectivity index (χ0n) is 16.0. The Morgan fingerprint density at radius 3 is 2.30 bits per heavy atom. The van der Waals surface area contributed by atoms with Gasteiger partial charge in [-0.2, -0.15) is 5.10 Å². The summed E-state index contributed by atoms with van der Waals surface area (Å²) in [4.78, 5) is 14.5. The molecule has 0 saturated carbocycles. The highest BCUT2D eigenvalue weighted by atomic mass is 32.1. The lowest BCUT2D eigenvalue weighted by Gasteiger charge is -2.14. The van der Waals surface area contributed by atoms with E-state index < -0.39 is 0 Å². The molecule has 1 heterocycles. The fraction of sp³-hybridized carbons (Fsp3) is 0.400. The molecule has 1 amide bonds. The maximum atomic E-state index is 12.5. The molecular formula is C20H24N2O4S. The van der Waals surface area contributed by atoms with Gasteiger partial charge in [-0.3, -0.25) is 4.79 Å². The van der Waals surface area contributed by atoms with Crippen molar-refractivity contribution in [1.82, 2.24) is 5.43 Å². The molecule has 0 fully saturated rings. The van der Waals surface area contributed by atoms with Crippen LogP contribution in [-0.4, -0.2) is 32.9 Å². The molecule has 1 aromatic carbocycles. The summed E-state index contributed by atoms with van der Waals surface area (Å²) in [6.45, 7) is 1.82. The summed E-state index contributed by atoms with van der Waals surface area (Å²) < 4.78 is 16.1. The third-order valence-electron chi connectivity index (χ3n) is 4.63. The number of ether oxygens (including phenoxy) is 3. The van der Waals surface area contributed by atoms with E-state index in [2.05, 4.69) is 10.5 Å². The number of benzene rings is 1. The fourth-order valence-electron chi connectivity index (χ4n) is 3.15. The van der Waals surface area contributed by atoms with Gasteiger partial charge < -0.3 is 14.2 Å². The van der Waals surface area contributed by atoms with Crippen molar-refractivity contribution in [2.24, 2.45) is 5.10 Å². The number of aryl methyl sites for hydroxylation is 2. The number of nitrogens with zero attached hydrogens (tertiary/aromatic N) is 1. The Bertz CT molecular complexity index is 824. The van der Waals surface area contributed by atoms with E-state index in [1.807, 2.05) is 13.0 Å². The molecule has 0 spiro atoms. The van der Waals surface area contributed by atoms with Gasteiger partial charge in [-0.1, -0.05) is 0 Å². The number of hydrogen-bond donors (Lipinski definition) is 1. The van der Waals surface area contributed by atoms with Crippen molar-refractivity contribution >= 4 is 23.0 Å². The first kappa shape index (κ1) is 19.2. The molecule has 144 valence electrons. The van der Waals surface area contributed by atoms with Crippen LogP contribution in [0.5, 0.6) is 17.2 Å². The summed E-state index contributed by atoms with van der Waals surface area (Å²) >= 11 is 1.57. The third kappa shape index (κ3) is 4.08. The normalized spacial score (nSPS) is 13.7. The van der Waals surface area contributed by atoms with Gasteiger partial charge in [0.05, 0.1) is 31.9 Å². The molecule has 2 aromatic rings. The maximum absolute atomic E-state index is 12.5. The molecule has 27 heavy (non-hydrogen) atoms. The van der Waals surface area contributed by atoms with E-state index in [1.165, 1.54) is 23.3 Å². The number of hydrazone groups is 1. The van der Waals surface area contributed by atoms with Crippen LogP contribution in [-0.2, 0) is 12.8 Å². The molecule has 0 radical (unpaired) electrons. The lowest BCUT2D eigenvalue weighted by atomic mass is 9.99. The molecule has 0 saturated heterocycles. The van der Waals surface area contributed by atoms with E-state index in [4.69, 9.17) is 14.2 Å². The van der Waals surface area contributed by atoms with Gasteiger partial charge >= 0.3 is 0 Å². The van der Waals surface area contributed by atoms with Crippen molar-refractivity contribution in [2.75, 3.05) is 21.3 Å². The van der Waals surface area contributed by atoms with Crippen LogP contribution < -0.4 is 19.6 Å². The lowest BCUT2D eigenvalue weighted by Crippen LogP contribution is -2.18. The predicted octanol–water partition coefficient (Wildman–Crippen LogP) is 3.81. The molecule has 0 unspecified atom stereocenters. The highest BCUT2D eigenvalue weighted by molar-refractivity contribution is 7.14.